The second kappa shape index (κ2) is 9.64. The summed E-state index contributed by atoms with van der Waals surface area (Å²) in [5.41, 5.74) is 5.21. The van der Waals surface area contributed by atoms with Crippen LogP contribution in [0.4, 0.5) is 0 Å². The van der Waals surface area contributed by atoms with Crippen LogP contribution in [0, 0.1) is 12.8 Å². The summed E-state index contributed by atoms with van der Waals surface area (Å²) in [5, 5.41) is 3.96. The van der Waals surface area contributed by atoms with Gasteiger partial charge in [0.25, 0.3) is 0 Å². The molecule has 0 unspecified atom stereocenters. The van der Waals surface area contributed by atoms with Crippen LogP contribution in [-0.4, -0.2) is 49.0 Å². The van der Waals surface area contributed by atoms with Crippen LogP contribution in [0.25, 0.3) is 11.3 Å². The van der Waals surface area contributed by atoms with Crippen LogP contribution in [0.3, 0.4) is 0 Å². The van der Waals surface area contributed by atoms with E-state index in [9.17, 15) is 8.42 Å². The highest BCUT2D eigenvalue weighted by atomic mass is 32.2. The van der Waals surface area contributed by atoms with E-state index in [1.165, 1.54) is 11.1 Å². The third kappa shape index (κ3) is 4.69. The molecular formula is C27H33N3O3S. The Bertz CT molecular complexity index is 1270. The van der Waals surface area contributed by atoms with Crippen molar-refractivity contribution in [3.63, 3.8) is 0 Å². The quantitative estimate of drug-likeness (QED) is 0.514. The van der Waals surface area contributed by atoms with Gasteiger partial charge in [0.15, 0.2) is 5.76 Å². The minimum Gasteiger partial charge on any atom is -0.356 e. The zero-order valence-electron chi connectivity index (χ0n) is 20.0. The van der Waals surface area contributed by atoms with Crippen molar-refractivity contribution >= 4 is 10.0 Å². The summed E-state index contributed by atoms with van der Waals surface area (Å²) in [6.45, 7) is 7.96. The van der Waals surface area contributed by atoms with Gasteiger partial charge in [-0.3, -0.25) is 4.90 Å². The summed E-state index contributed by atoms with van der Waals surface area (Å²) in [6, 6.07) is 16.1. The molecule has 5 rings (SSSR count). The molecule has 0 bridgehead atoms. The van der Waals surface area contributed by atoms with Gasteiger partial charge in [-0.1, -0.05) is 48.5 Å². The first-order valence-electron chi connectivity index (χ1n) is 12.3. The molecule has 1 fully saturated rings. The normalized spacial score (nSPS) is 19.8. The maximum absolute atomic E-state index is 13.8. The van der Waals surface area contributed by atoms with E-state index in [4.69, 9.17) is 4.52 Å². The lowest BCUT2D eigenvalue weighted by Crippen LogP contribution is -2.44. The van der Waals surface area contributed by atoms with E-state index in [2.05, 4.69) is 34.3 Å². The van der Waals surface area contributed by atoms with E-state index in [0.717, 1.165) is 55.7 Å². The van der Waals surface area contributed by atoms with Crippen molar-refractivity contribution in [1.29, 1.82) is 0 Å². The Hall–Kier alpha value is -2.48. The smallest absolute Gasteiger partial charge is 0.243 e. The molecule has 34 heavy (non-hydrogen) atoms. The van der Waals surface area contributed by atoms with Gasteiger partial charge in [0.2, 0.25) is 10.0 Å². The van der Waals surface area contributed by atoms with Gasteiger partial charge in [-0.15, -0.1) is 0 Å². The number of nitrogens with zero attached hydrogens (tertiary/aromatic N) is 3. The molecule has 180 valence electrons. The van der Waals surface area contributed by atoms with Gasteiger partial charge in [0.05, 0.1) is 10.6 Å². The number of piperidine rings is 1. The standard InChI is InChI=1S/C27H33N3O3S/c1-3-22-10-11-24(26-15-20(2)28-33-26)16-27(22)34(31,32)30-13-6-7-21(18-30)17-29-14-12-23-8-4-5-9-25(23)19-29/h4-5,8-11,15-16,21H,3,6-7,12-14,17-19H2,1-2H3/t21-/m0/s1. The van der Waals surface area contributed by atoms with Gasteiger partial charge in [-0.25, -0.2) is 8.42 Å². The van der Waals surface area contributed by atoms with Crippen LogP contribution in [0.1, 0.15) is 42.1 Å². The molecule has 1 atom stereocenters. The molecular weight excluding hydrogens is 446 g/mol. The summed E-state index contributed by atoms with van der Waals surface area (Å²) < 4.78 is 34.8. The Morgan fingerprint density at radius 3 is 2.68 bits per heavy atom. The number of hydrogen-bond acceptors (Lipinski definition) is 5. The number of benzene rings is 2. The number of hydrogen-bond donors (Lipinski definition) is 0. The predicted octanol–water partition coefficient (Wildman–Crippen LogP) is 4.67. The third-order valence-corrected chi connectivity index (χ3v) is 9.13. The molecule has 2 aliphatic heterocycles. The van der Waals surface area contributed by atoms with Crippen molar-refractivity contribution in [2.75, 3.05) is 26.2 Å². The van der Waals surface area contributed by atoms with Crippen molar-refractivity contribution in [1.82, 2.24) is 14.4 Å². The van der Waals surface area contributed by atoms with Crippen LogP contribution in [0.5, 0.6) is 0 Å². The summed E-state index contributed by atoms with van der Waals surface area (Å²) >= 11 is 0. The zero-order chi connectivity index (χ0) is 23.7. The number of rotatable bonds is 6. The Morgan fingerprint density at radius 2 is 1.91 bits per heavy atom. The molecule has 2 aliphatic rings. The molecule has 7 heteroatoms. The largest absolute Gasteiger partial charge is 0.356 e. The Morgan fingerprint density at radius 1 is 1.09 bits per heavy atom. The average molecular weight is 480 g/mol. The number of aryl methyl sites for hydroxylation is 2. The maximum Gasteiger partial charge on any atom is 0.243 e. The first kappa shape index (κ1) is 23.3. The molecule has 1 aromatic heterocycles. The molecule has 3 aromatic rings. The Kier molecular flexibility index (Phi) is 6.60. The second-order valence-corrected chi connectivity index (χ2v) is 11.5. The van der Waals surface area contributed by atoms with Crippen molar-refractivity contribution in [3.8, 4) is 11.3 Å². The first-order valence-corrected chi connectivity index (χ1v) is 13.7. The third-order valence-electron chi connectivity index (χ3n) is 7.19. The van der Waals surface area contributed by atoms with Gasteiger partial charge in [0, 0.05) is 44.4 Å². The van der Waals surface area contributed by atoms with Crippen molar-refractivity contribution in [3.05, 3.63) is 70.9 Å². The van der Waals surface area contributed by atoms with Gasteiger partial charge < -0.3 is 4.52 Å². The van der Waals surface area contributed by atoms with Crippen molar-refractivity contribution in [2.24, 2.45) is 5.92 Å². The molecule has 3 heterocycles. The van der Waals surface area contributed by atoms with E-state index >= 15 is 0 Å². The maximum atomic E-state index is 13.8. The molecule has 6 nitrogen and oxygen atoms in total. The Labute approximate surface area is 202 Å². The summed E-state index contributed by atoms with van der Waals surface area (Å²) in [6.07, 6.45) is 3.70. The molecule has 0 saturated carbocycles. The van der Waals surface area contributed by atoms with E-state index in [0.29, 0.717) is 36.1 Å². The summed E-state index contributed by atoms with van der Waals surface area (Å²) in [4.78, 5) is 2.89. The Balaban J connectivity index is 1.34. The fourth-order valence-electron chi connectivity index (χ4n) is 5.35. The van der Waals surface area contributed by atoms with Crippen LogP contribution >= 0.6 is 0 Å². The molecule has 0 aliphatic carbocycles. The highest BCUT2D eigenvalue weighted by Gasteiger charge is 2.33. The predicted molar refractivity (Wildman–Crippen MR) is 133 cm³/mol. The number of aromatic nitrogens is 1. The fourth-order valence-corrected chi connectivity index (χ4v) is 7.22. The van der Waals surface area contributed by atoms with Crippen LogP contribution < -0.4 is 0 Å². The monoisotopic (exact) mass is 479 g/mol. The van der Waals surface area contributed by atoms with Crippen molar-refractivity contribution < 1.29 is 12.9 Å². The number of sulfonamides is 1. The molecule has 0 N–H and O–H groups in total. The SMILES string of the molecule is CCc1ccc(-c2cc(C)no2)cc1S(=O)(=O)N1CCC[C@@H](CN2CCc3ccccc3C2)C1. The first-order chi connectivity index (χ1) is 16.4. The van der Waals surface area contributed by atoms with Gasteiger partial charge in [-0.05, 0) is 61.3 Å². The van der Waals surface area contributed by atoms with E-state index in [-0.39, 0.29) is 0 Å². The summed E-state index contributed by atoms with van der Waals surface area (Å²) in [7, 11) is -3.60. The minimum absolute atomic E-state index is 0.346. The van der Waals surface area contributed by atoms with Crippen LogP contribution in [0.2, 0.25) is 0 Å². The molecule has 2 aromatic carbocycles. The topological polar surface area (TPSA) is 66.7 Å². The molecule has 1 saturated heterocycles. The molecule has 0 spiro atoms. The minimum atomic E-state index is -3.60. The van der Waals surface area contributed by atoms with Crippen LogP contribution in [0.15, 0.2) is 57.9 Å². The van der Waals surface area contributed by atoms with Gasteiger partial charge in [0.1, 0.15) is 0 Å². The lowest BCUT2D eigenvalue weighted by Gasteiger charge is -2.37. The van der Waals surface area contributed by atoms with Crippen molar-refractivity contribution in [2.45, 2.75) is 51.0 Å². The van der Waals surface area contributed by atoms with Gasteiger partial charge >= 0.3 is 0 Å². The van der Waals surface area contributed by atoms with E-state index < -0.39 is 10.0 Å². The molecule has 0 radical (unpaired) electrons. The lowest BCUT2D eigenvalue weighted by atomic mass is 9.95. The fraction of sp³-hybridized carbons (Fsp3) is 0.444. The van der Waals surface area contributed by atoms with E-state index in [1.807, 2.05) is 32.0 Å². The van der Waals surface area contributed by atoms with E-state index in [1.54, 1.807) is 10.4 Å². The average Bonchev–Trinajstić information content (AvgIpc) is 3.30. The highest BCUT2D eigenvalue weighted by molar-refractivity contribution is 7.89. The highest BCUT2D eigenvalue weighted by Crippen LogP contribution is 2.31. The summed E-state index contributed by atoms with van der Waals surface area (Å²) in [5.74, 6) is 0.942. The lowest BCUT2D eigenvalue weighted by molar-refractivity contribution is 0.167. The second-order valence-electron chi connectivity index (χ2n) is 9.63. The zero-order valence-corrected chi connectivity index (χ0v) is 20.9. The van der Waals surface area contributed by atoms with Crippen LogP contribution in [-0.2, 0) is 29.4 Å². The number of fused-ring (bicyclic) bond motifs is 1. The molecule has 0 amide bonds. The van der Waals surface area contributed by atoms with Gasteiger partial charge in [-0.2, -0.15) is 4.31 Å².